The second-order valence-corrected chi connectivity index (χ2v) is 8.21. The topological polar surface area (TPSA) is 0 Å². The lowest BCUT2D eigenvalue weighted by molar-refractivity contribution is 0.652. The van der Waals surface area contributed by atoms with E-state index in [-0.39, 0.29) is 5.41 Å². The maximum atomic E-state index is 2.39. The largest absolute Gasteiger partial charge is 0.0683 e. The molecule has 29 heavy (non-hydrogen) atoms. The van der Waals surface area contributed by atoms with E-state index in [4.69, 9.17) is 0 Å². The van der Waals surface area contributed by atoms with Crippen molar-refractivity contribution in [2.45, 2.75) is 33.1 Å². The molecule has 0 amide bonds. The highest BCUT2D eigenvalue weighted by Gasteiger charge is 2.35. The van der Waals surface area contributed by atoms with Gasteiger partial charge in [0.05, 0.1) is 0 Å². The molecule has 0 radical (unpaired) electrons. The van der Waals surface area contributed by atoms with Crippen LogP contribution in [0, 0.1) is 0 Å². The predicted molar refractivity (Wildman–Crippen MR) is 128 cm³/mol. The van der Waals surface area contributed by atoms with E-state index in [1.165, 1.54) is 54.6 Å². The minimum absolute atomic E-state index is 0.0488. The SMILES string of the molecule is CC.CC1(C)c2ccc3ccccc3c2-c2cccc3cc4ccccc4c1c23. The summed E-state index contributed by atoms with van der Waals surface area (Å²) in [6.07, 6.45) is 0. The van der Waals surface area contributed by atoms with Crippen molar-refractivity contribution in [3.63, 3.8) is 0 Å². The second kappa shape index (κ2) is 6.46. The summed E-state index contributed by atoms with van der Waals surface area (Å²) in [6.45, 7) is 8.77. The van der Waals surface area contributed by atoms with Crippen molar-refractivity contribution < 1.29 is 0 Å². The molecule has 6 rings (SSSR count). The quantitative estimate of drug-likeness (QED) is 0.238. The van der Waals surface area contributed by atoms with Gasteiger partial charge in [-0.2, -0.15) is 0 Å². The van der Waals surface area contributed by atoms with Gasteiger partial charge in [-0.05, 0) is 60.6 Å². The van der Waals surface area contributed by atoms with E-state index in [1.807, 2.05) is 13.8 Å². The minimum Gasteiger partial charge on any atom is -0.0683 e. The maximum Gasteiger partial charge on any atom is 0.0165 e. The Labute approximate surface area is 172 Å². The number of hydrogen-bond donors (Lipinski definition) is 0. The van der Waals surface area contributed by atoms with Gasteiger partial charge < -0.3 is 0 Å². The van der Waals surface area contributed by atoms with Gasteiger partial charge in [-0.3, -0.25) is 0 Å². The summed E-state index contributed by atoms with van der Waals surface area (Å²) >= 11 is 0. The van der Waals surface area contributed by atoms with Crippen molar-refractivity contribution in [3.05, 3.63) is 96.1 Å². The molecule has 142 valence electrons. The van der Waals surface area contributed by atoms with Crippen LogP contribution < -0.4 is 0 Å². The molecule has 0 aliphatic heterocycles. The monoisotopic (exact) mass is 374 g/mol. The Hall–Kier alpha value is -3.12. The molecule has 5 aromatic rings. The van der Waals surface area contributed by atoms with Gasteiger partial charge in [-0.15, -0.1) is 0 Å². The number of hydrogen-bond acceptors (Lipinski definition) is 0. The fourth-order valence-corrected chi connectivity index (χ4v) is 5.20. The third kappa shape index (κ3) is 2.39. The molecule has 0 unspecified atom stereocenters. The number of rotatable bonds is 0. The molecule has 0 saturated heterocycles. The van der Waals surface area contributed by atoms with E-state index < -0.39 is 0 Å². The summed E-state index contributed by atoms with van der Waals surface area (Å²) in [5.41, 5.74) is 5.63. The predicted octanol–water partition coefficient (Wildman–Crippen LogP) is 8.48. The van der Waals surface area contributed by atoms with Crippen LogP contribution in [0.15, 0.2) is 84.9 Å². The summed E-state index contributed by atoms with van der Waals surface area (Å²) in [7, 11) is 0. The Bertz CT molecular complexity index is 1390. The van der Waals surface area contributed by atoms with Crippen LogP contribution in [0.3, 0.4) is 0 Å². The molecule has 0 atom stereocenters. The average molecular weight is 375 g/mol. The van der Waals surface area contributed by atoms with Crippen LogP contribution in [-0.4, -0.2) is 0 Å². The summed E-state index contributed by atoms with van der Waals surface area (Å²) in [4.78, 5) is 0. The zero-order valence-electron chi connectivity index (χ0n) is 17.6. The van der Waals surface area contributed by atoms with Gasteiger partial charge >= 0.3 is 0 Å². The first-order valence-electron chi connectivity index (χ1n) is 10.6. The van der Waals surface area contributed by atoms with E-state index in [0.717, 1.165) is 0 Å². The summed E-state index contributed by atoms with van der Waals surface area (Å²) in [5, 5.41) is 8.14. The lowest BCUT2D eigenvalue weighted by Crippen LogP contribution is -2.24. The first-order valence-corrected chi connectivity index (χ1v) is 10.6. The zero-order chi connectivity index (χ0) is 20.2. The first kappa shape index (κ1) is 17.9. The van der Waals surface area contributed by atoms with Crippen LogP contribution >= 0.6 is 0 Å². The molecular weight excluding hydrogens is 348 g/mol. The number of fused-ring (bicyclic) bond motifs is 6. The van der Waals surface area contributed by atoms with Crippen LogP contribution in [0.2, 0.25) is 0 Å². The van der Waals surface area contributed by atoms with Crippen molar-refractivity contribution in [3.8, 4) is 11.1 Å². The molecule has 5 aromatic carbocycles. The van der Waals surface area contributed by atoms with Gasteiger partial charge in [0.2, 0.25) is 0 Å². The van der Waals surface area contributed by atoms with Gasteiger partial charge in [0.1, 0.15) is 0 Å². The molecule has 0 spiro atoms. The third-order valence-electron chi connectivity index (χ3n) is 6.38. The molecule has 0 nitrogen and oxygen atoms in total. The van der Waals surface area contributed by atoms with Gasteiger partial charge in [0.15, 0.2) is 0 Å². The normalized spacial score (nSPS) is 13.8. The molecule has 0 bridgehead atoms. The van der Waals surface area contributed by atoms with Gasteiger partial charge in [0, 0.05) is 5.41 Å². The van der Waals surface area contributed by atoms with E-state index in [0.29, 0.717) is 0 Å². The maximum absolute atomic E-state index is 2.39. The van der Waals surface area contributed by atoms with Gasteiger partial charge in [0.25, 0.3) is 0 Å². The Morgan fingerprint density at radius 1 is 0.586 bits per heavy atom. The summed E-state index contributed by atoms with van der Waals surface area (Å²) in [6, 6.07) is 31.4. The van der Waals surface area contributed by atoms with Crippen LogP contribution in [0.5, 0.6) is 0 Å². The summed E-state index contributed by atoms with van der Waals surface area (Å²) in [5.74, 6) is 0. The third-order valence-corrected chi connectivity index (χ3v) is 6.38. The molecule has 1 aliphatic carbocycles. The molecule has 1 aliphatic rings. The molecular formula is C29H26. The van der Waals surface area contributed by atoms with Crippen LogP contribution in [0.25, 0.3) is 43.4 Å². The van der Waals surface area contributed by atoms with E-state index in [2.05, 4.69) is 98.8 Å². The molecule has 0 saturated carbocycles. The second-order valence-electron chi connectivity index (χ2n) is 8.21. The lowest BCUT2D eigenvalue weighted by atomic mass is 9.66. The van der Waals surface area contributed by atoms with Crippen molar-refractivity contribution >= 4 is 32.3 Å². The molecule has 0 N–H and O–H groups in total. The van der Waals surface area contributed by atoms with E-state index in [1.54, 1.807) is 0 Å². The Balaban J connectivity index is 0.000000882. The highest BCUT2D eigenvalue weighted by atomic mass is 14.4. The van der Waals surface area contributed by atoms with Crippen molar-refractivity contribution in [1.82, 2.24) is 0 Å². The zero-order valence-corrected chi connectivity index (χ0v) is 17.6. The Morgan fingerprint density at radius 3 is 2.03 bits per heavy atom. The van der Waals surface area contributed by atoms with Gasteiger partial charge in [-0.1, -0.05) is 107 Å². The molecule has 0 aromatic heterocycles. The van der Waals surface area contributed by atoms with Gasteiger partial charge in [-0.25, -0.2) is 0 Å². The molecule has 0 fully saturated rings. The van der Waals surface area contributed by atoms with Crippen molar-refractivity contribution in [1.29, 1.82) is 0 Å². The van der Waals surface area contributed by atoms with Crippen LogP contribution in [0.4, 0.5) is 0 Å². The smallest absolute Gasteiger partial charge is 0.0165 e. The highest BCUT2D eigenvalue weighted by molar-refractivity contribution is 6.15. The molecule has 0 heteroatoms. The molecule has 0 heterocycles. The van der Waals surface area contributed by atoms with Crippen LogP contribution in [0.1, 0.15) is 38.8 Å². The lowest BCUT2D eigenvalue weighted by Gasteiger charge is -2.37. The number of benzene rings is 5. The fraction of sp³-hybridized carbons (Fsp3) is 0.172. The standard InChI is InChI=1S/C27H20.C2H6/c1-27(2)23-15-14-17-8-3-5-11-20(17)25(23)22-13-7-10-19-16-18-9-4-6-12-21(18)26(27)24(19)22;1-2/h3-16H,1-2H3;1-2H3. The van der Waals surface area contributed by atoms with Crippen molar-refractivity contribution in [2.24, 2.45) is 0 Å². The summed E-state index contributed by atoms with van der Waals surface area (Å²) < 4.78 is 0. The Morgan fingerprint density at radius 2 is 1.24 bits per heavy atom. The van der Waals surface area contributed by atoms with Crippen LogP contribution in [-0.2, 0) is 5.41 Å². The van der Waals surface area contributed by atoms with E-state index >= 15 is 0 Å². The average Bonchev–Trinajstić information content (AvgIpc) is 2.77. The first-order chi connectivity index (χ1) is 14.2. The van der Waals surface area contributed by atoms with E-state index in [9.17, 15) is 0 Å². The van der Waals surface area contributed by atoms with Crippen molar-refractivity contribution in [2.75, 3.05) is 0 Å². The Kier molecular flexibility index (Phi) is 3.99. The minimum atomic E-state index is -0.0488. The highest BCUT2D eigenvalue weighted by Crippen LogP contribution is 2.52. The fourth-order valence-electron chi connectivity index (χ4n) is 5.20.